The van der Waals surface area contributed by atoms with Crippen LogP contribution >= 0.6 is 22.7 Å². The van der Waals surface area contributed by atoms with Gasteiger partial charge in [0.05, 0.1) is 0 Å². The van der Waals surface area contributed by atoms with E-state index in [1.807, 2.05) is 11.3 Å². The molecule has 0 bridgehead atoms. The minimum Gasteiger partial charge on any atom is -0.380 e. The van der Waals surface area contributed by atoms with Crippen molar-refractivity contribution in [2.45, 2.75) is 26.3 Å². The lowest BCUT2D eigenvalue weighted by molar-refractivity contribution is 0.867. The zero-order chi connectivity index (χ0) is 14.7. The summed E-state index contributed by atoms with van der Waals surface area (Å²) < 4.78 is 0. The van der Waals surface area contributed by atoms with Crippen molar-refractivity contribution < 1.29 is 0 Å². The van der Waals surface area contributed by atoms with Crippen LogP contribution in [-0.4, -0.2) is 0 Å². The van der Waals surface area contributed by atoms with Crippen molar-refractivity contribution in [3.63, 3.8) is 0 Å². The van der Waals surface area contributed by atoms with Gasteiger partial charge >= 0.3 is 0 Å². The molecule has 0 aliphatic rings. The molecule has 3 heteroatoms. The van der Waals surface area contributed by atoms with Crippen molar-refractivity contribution in [2.24, 2.45) is 0 Å². The standard InChI is InChI=1S/C18H19NS2/c1-13(2)14-5-7-16(8-6-14)19-11-17-10-15(12-21-17)18-4-3-9-20-18/h3-10,12-13,19H,11H2,1-2H3. The van der Waals surface area contributed by atoms with Crippen LogP contribution < -0.4 is 5.32 Å². The highest BCUT2D eigenvalue weighted by molar-refractivity contribution is 7.14. The third-order valence-electron chi connectivity index (χ3n) is 3.50. The van der Waals surface area contributed by atoms with E-state index >= 15 is 0 Å². The molecule has 108 valence electrons. The third-order valence-corrected chi connectivity index (χ3v) is 5.36. The van der Waals surface area contributed by atoms with Crippen molar-refractivity contribution in [3.05, 3.63) is 63.7 Å². The fraction of sp³-hybridized carbons (Fsp3) is 0.222. The first-order chi connectivity index (χ1) is 10.2. The fourth-order valence-corrected chi connectivity index (χ4v) is 3.83. The Kier molecular flexibility index (Phi) is 4.42. The third kappa shape index (κ3) is 3.55. The summed E-state index contributed by atoms with van der Waals surface area (Å²) in [6.07, 6.45) is 0. The summed E-state index contributed by atoms with van der Waals surface area (Å²) in [5, 5.41) is 7.87. The van der Waals surface area contributed by atoms with Crippen LogP contribution in [0.25, 0.3) is 10.4 Å². The molecule has 21 heavy (non-hydrogen) atoms. The average molecular weight is 313 g/mol. The fourth-order valence-electron chi connectivity index (χ4n) is 2.22. The highest BCUT2D eigenvalue weighted by Crippen LogP contribution is 2.29. The van der Waals surface area contributed by atoms with Gasteiger partial charge in [-0.1, -0.05) is 32.0 Å². The lowest BCUT2D eigenvalue weighted by Gasteiger charge is -2.08. The summed E-state index contributed by atoms with van der Waals surface area (Å²) in [5.74, 6) is 0.588. The molecule has 0 saturated heterocycles. The van der Waals surface area contributed by atoms with Gasteiger partial charge in [0.15, 0.2) is 0 Å². The predicted octanol–water partition coefficient (Wildman–Crippen LogP) is 6.21. The second kappa shape index (κ2) is 6.46. The van der Waals surface area contributed by atoms with Crippen LogP contribution in [0.5, 0.6) is 0 Å². The molecule has 0 aliphatic heterocycles. The maximum atomic E-state index is 3.50. The Morgan fingerprint density at radius 2 is 1.86 bits per heavy atom. The first-order valence-electron chi connectivity index (χ1n) is 7.17. The van der Waals surface area contributed by atoms with Gasteiger partial charge in [-0.3, -0.25) is 0 Å². The van der Waals surface area contributed by atoms with Crippen LogP contribution in [0.4, 0.5) is 5.69 Å². The number of hydrogen-bond donors (Lipinski definition) is 1. The Morgan fingerprint density at radius 3 is 2.52 bits per heavy atom. The maximum Gasteiger partial charge on any atom is 0.0494 e. The van der Waals surface area contributed by atoms with Gasteiger partial charge in [-0.25, -0.2) is 0 Å². The number of thiophene rings is 2. The van der Waals surface area contributed by atoms with Crippen molar-refractivity contribution in [1.29, 1.82) is 0 Å². The highest BCUT2D eigenvalue weighted by Gasteiger charge is 2.04. The summed E-state index contributed by atoms with van der Waals surface area (Å²) in [4.78, 5) is 2.71. The SMILES string of the molecule is CC(C)c1ccc(NCc2cc(-c3cccs3)cs2)cc1. The van der Waals surface area contributed by atoms with E-state index in [0.717, 1.165) is 6.54 Å². The van der Waals surface area contributed by atoms with E-state index in [1.54, 1.807) is 11.3 Å². The minimum atomic E-state index is 0.588. The van der Waals surface area contributed by atoms with Crippen molar-refractivity contribution in [3.8, 4) is 10.4 Å². The second-order valence-electron chi connectivity index (χ2n) is 5.41. The molecule has 0 aliphatic carbocycles. The van der Waals surface area contributed by atoms with Crippen molar-refractivity contribution >= 4 is 28.4 Å². The molecule has 1 nitrogen and oxygen atoms in total. The average Bonchev–Trinajstić information content (AvgIpc) is 3.16. The van der Waals surface area contributed by atoms with E-state index in [0.29, 0.717) is 5.92 Å². The van der Waals surface area contributed by atoms with Gasteiger partial charge in [-0.15, -0.1) is 22.7 Å². The molecule has 0 amide bonds. The van der Waals surface area contributed by atoms with Crippen LogP contribution in [0.3, 0.4) is 0 Å². The van der Waals surface area contributed by atoms with Gasteiger partial charge in [-0.05, 0) is 46.5 Å². The number of anilines is 1. The number of hydrogen-bond acceptors (Lipinski definition) is 3. The molecule has 3 rings (SSSR count). The Bertz CT molecular complexity index is 678. The summed E-state index contributed by atoms with van der Waals surface area (Å²) >= 11 is 3.61. The second-order valence-corrected chi connectivity index (χ2v) is 7.35. The number of rotatable bonds is 5. The molecule has 0 fully saturated rings. The van der Waals surface area contributed by atoms with Crippen molar-refractivity contribution in [2.75, 3.05) is 5.32 Å². The van der Waals surface area contributed by atoms with Crippen molar-refractivity contribution in [1.82, 2.24) is 0 Å². The van der Waals surface area contributed by atoms with Gasteiger partial charge in [0.2, 0.25) is 0 Å². The summed E-state index contributed by atoms with van der Waals surface area (Å²) in [6, 6.07) is 15.3. The molecule has 3 aromatic rings. The highest BCUT2D eigenvalue weighted by atomic mass is 32.1. The Morgan fingerprint density at radius 1 is 1.05 bits per heavy atom. The topological polar surface area (TPSA) is 12.0 Å². The number of benzene rings is 1. The molecule has 0 radical (unpaired) electrons. The van der Waals surface area contributed by atoms with E-state index in [4.69, 9.17) is 0 Å². The van der Waals surface area contributed by atoms with Crippen LogP contribution in [0, 0.1) is 0 Å². The summed E-state index contributed by atoms with van der Waals surface area (Å²) in [5.41, 5.74) is 3.91. The van der Waals surface area contributed by atoms with Gasteiger partial charge in [0.1, 0.15) is 0 Å². The van der Waals surface area contributed by atoms with Crippen LogP contribution in [0.1, 0.15) is 30.2 Å². The van der Waals surface area contributed by atoms with Gasteiger partial charge in [-0.2, -0.15) is 0 Å². The van der Waals surface area contributed by atoms with Gasteiger partial charge in [0, 0.05) is 27.5 Å². The zero-order valence-corrected chi connectivity index (χ0v) is 13.9. The smallest absolute Gasteiger partial charge is 0.0494 e. The normalized spacial score (nSPS) is 11.0. The molecular weight excluding hydrogens is 294 g/mol. The monoisotopic (exact) mass is 313 g/mol. The molecule has 2 aromatic heterocycles. The van der Waals surface area contributed by atoms with E-state index in [-0.39, 0.29) is 0 Å². The quantitative estimate of drug-likeness (QED) is 0.590. The van der Waals surface area contributed by atoms with Crippen LogP contribution in [-0.2, 0) is 6.54 Å². The first kappa shape index (κ1) is 14.4. The largest absolute Gasteiger partial charge is 0.380 e. The van der Waals surface area contributed by atoms with E-state index in [2.05, 4.69) is 72.4 Å². The molecule has 0 unspecified atom stereocenters. The Balaban J connectivity index is 1.62. The lowest BCUT2D eigenvalue weighted by Crippen LogP contribution is -1.97. The molecule has 1 aromatic carbocycles. The predicted molar refractivity (Wildman–Crippen MR) is 95.5 cm³/mol. The Hall–Kier alpha value is -1.58. The zero-order valence-electron chi connectivity index (χ0n) is 12.3. The van der Waals surface area contributed by atoms with E-state index in [9.17, 15) is 0 Å². The van der Waals surface area contributed by atoms with Gasteiger partial charge in [0.25, 0.3) is 0 Å². The molecule has 2 heterocycles. The number of nitrogens with one attached hydrogen (secondary N) is 1. The molecular formula is C18H19NS2. The lowest BCUT2D eigenvalue weighted by atomic mass is 10.0. The van der Waals surface area contributed by atoms with E-state index < -0.39 is 0 Å². The van der Waals surface area contributed by atoms with Gasteiger partial charge < -0.3 is 5.32 Å². The minimum absolute atomic E-state index is 0.588. The van der Waals surface area contributed by atoms with Crippen LogP contribution in [0.15, 0.2) is 53.2 Å². The molecule has 0 spiro atoms. The van der Waals surface area contributed by atoms with E-state index in [1.165, 1.54) is 26.6 Å². The Labute approximate surface area is 134 Å². The maximum absolute atomic E-state index is 3.50. The molecule has 0 saturated carbocycles. The summed E-state index contributed by atoms with van der Waals surface area (Å²) in [7, 11) is 0. The first-order valence-corrected chi connectivity index (χ1v) is 8.93. The molecule has 0 atom stereocenters. The van der Waals surface area contributed by atoms with Crippen LogP contribution in [0.2, 0.25) is 0 Å². The summed E-state index contributed by atoms with van der Waals surface area (Å²) in [6.45, 7) is 5.33. The molecule has 1 N–H and O–H groups in total.